The Morgan fingerprint density at radius 3 is 3.00 bits per heavy atom. The smallest absolute Gasteiger partial charge is 0.265 e. The Labute approximate surface area is 141 Å². The van der Waals surface area contributed by atoms with Crippen molar-refractivity contribution in [2.75, 3.05) is 13.1 Å². The first kappa shape index (κ1) is 15.4. The van der Waals surface area contributed by atoms with Gasteiger partial charge in [0.2, 0.25) is 5.88 Å². The normalized spacial score (nSPS) is 17.8. The van der Waals surface area contributed by atoms with E-state index in [0.717, 1.165) is 26.5 Å². The Morgan fingerprint density at radius 1 is 1.50 bits per heavy atom. The lowest BCUT2D eigenvalue weighted by molar-refractivity contribution is 0.0775. The molecule has 2 aromatic rings. The van der Waals surface area contributed by atoms with Gasteiger partial charge in [-0.25, -0.2) is 9.97 Å². The minimum Gasteiger partial charge on any atom is -0.472 e. The van der Waals surface area contributed by atoms with Crippen molar-refractivity contribution in [2.45, 2.75) is 26.4 Å². The molecule has 0 aliphatic carbocycles. The summed E-state index contributed by atoms with van der Waals surface area (Å²) in [5, 5.41) is 0.922. The van der Waals surface area contributed by atoms with Gasteiger partial charge in [-0.05, 0) is 41.9 Å². The second-order valence-corrected chi connectivity index (χ2v) is 7.28. The Hall–Kier alpha value is -1.47. The zero-order valence-corrected chi connectivity index (χ0v) is 14.8. The number of aryl methyl sites for hydroxylation is 2. The highest BCUT2D eigenvalue weighted by molar-refractivity contribution is 9.10. The van der Waals surface area contributed by atoms with Crippen molar-refractivity contribution >= 4 is 33.2 Å². The number of carbonyl (C=O) groups excluding carboxylic acids is 1. The van der Waals surface area contributed by atoms with E-state index in [9.17, 15) is 4.79 Å². The summed E-state index contributed by atoms with van der Waals surface area (Å²) in [6, 6.07) is 3.74. The highest BCUT2D eigenvalue weighted by atomic mass is 79.9. The van der Waals surface area contributed by atoms with Gasteiger partial charge in [-0.1, -0.05) is 0 Å². The van der Waals surface area contributed by atoms with Crippen LogP contribution in [-0.2, 0) is 0 Å². The molecular weight excluding hydrogens is 366 g/mol. The molecule has 5 nitrogen and oxygen atoms in total. The summed E-state index contributed by atoms with van der Waals surface area (Å²) in [7, 11) is 0. The summed E-state index contributed by atoms with van der Waals surface area (Å²) in [4.78, 5) is 23.7. The Kier molecular flexibility index (Phi) is 4.44. The molecule has 0 saturated carbocycles. The summed E-state index contributed by atoms with van der Waals surface area (Å²) in [5.74, 6) is 0.626. The van der Waals surface area contributed by atoms with E-state index in [4.69, 9.17) is 4.74 Å². The molecule has 1 aliphatic heterocycles. The standard InChI is InChI=1S/C15H16BrN3O2S/c1-9-13(22-10(2)18-9)15(20)19-7-5-11(8-19)21-14-12(16)4-3-6-17-14/h3-4,6,11H,5,7-8H2,1-2H3. The number of carbonyl (C=O) groups is 1. The predicted molar refractivity (Wildman–Crippen MR) is 88.5 cm³/mol. The first-order valence-electron chi connectivity index (χ1n) is 7.05. The van der Waals surface area contributed by atoms with Crippen molar-refractivity contribution in [3.63, 3.8) is 0 Å². The van der Waals surface area contributed by atoms with E-state index in [-0.39, 0.29) is 12.0 Å². The van der Waals surface area contributed by atoms with Gasteiger partial charge >= 0.3 is 0 Å². The van der Waals surface area contributed by atoms with Gasteiger partial charge in [0.15, 0.2) is 0 Å². The fourth-order valence-electron chi connectivity index (χ4n) is 2.50. The summed E-state index contributed by atoms with van der Waals surface area (Å²) >= 11 is 4.88. The second kappa shape index (κ2) is 6.34. The van der Waals surface area contributed by atoms with Crippen LogP contribution in [0.25, 0.3) is 0 Å². The van der Waals surface area contributed by atoms with Crippen LogP contribution in [0.3, 0.4) is 0 Å². The van der Waals surface area contributed by atoms with Gasteiger partial charge in [0.25, 0.3) is 5.91 Å². The minimum atomic E-state index is -0.0236. The fraction of sp³-hybridized carbons (Fsp3) is 0.400. The number of halogens is 1. The molecule has 1 unspecified atom stereocenters. The topological polar surface area (TPSA) is 55.3 Å². The number of rotatable bonds is 3. The molecule has 7 heteroatoms. The van der Waals surface area contributed by atoms with E-state index in [1.165, 1.54) is 11.3 Å². The van der Waals surface area contributed by atoms with Gasteiger partial charge in [0, 0.05) is 19.2 Å². The van der Waals surface area contributed by atoms with Crippen LogP contribution in [-0.4, -0.2) is 40.0 Å². The van der Waals surface area contributed by atoms with E-state index < -0.39 is 0 Å². The van der Waals surface area contributed by atoms with Crippen LogP contribution in [0.5, 0.6) is 5.88 Å². The molecule has 22 heavy (non-hydrogen) atoms. The molecule has 2 aromatic heterocycles. The maximum absolute atomic E-state index is 12.6. The van der Waals surface area contributed by atoms with Gasteiger partial charge in [-0.3, -0.25) is 4.79 Å². The minimum absolute atomic E-state index is 0.0236. The Balaban J connectivity index is 1.66. The predicted octanol–water partition coefficient (Wildman–Crippen LogP) is 3.21. The quantitative estimate of drug-likeness (QED) is 0.818. The van der Waals surface area contributed by atoms with Crippen molar-refractivity contribution < 1.29 is 9.53 Å². The number of aromatic nitrogens is 2. The second-order valence-electron chi connectivity index (χ2n) is 5.22. The third kappa shape index (κ3) is 3.15. The van der Waals surface area contributed by atoms with E-state index in [0.29, 0.717) is 19.0 Å². The van der Waals surface area contributed by atoms with Gasteiger partial charge in [-0.2, -0.15) is 0 Å². The molecule has 0 aromatic carbocycles. The maximum Gasteiger partial charge on any atom is 0.265 e. The number of thiazole rings is 1. The number of pyridine rings is 1. The summed E-state index contributed by atoms with van der Waals surface area (Å²) < 4.78 is 6.72. The molecule has 1 amide bonds. The lowest BCUT2D eigenvalue weighted by Crippen LogP contribution is -2.31. The molecule has 3 rings (SSSR count). The maximum atomic E-state index is 12.6. The molecule has 116 valence electrons. The molecule has 1 aliphatic rings. The van der Waals surface area contributed by atoms with Crippen LogP contribution in [0, 0.1) is 13.8 Å². The van der Waals surface area contributed by atoms with Gasteiger partial charge in [0.05, 0.1) is 21.7 Å². The van der Waals surface area contributed by atoms with Crippen molar-refractivity contribution in [3.8, 4) is 5.88 Å². The fourth-order valence-corrected chi connectivity index (χ4v) is 3.73. The van der Waals surface area contributed by atoms with Gasteiger partial charge < -0.3 is 9.64 Å². The van der Waals surface area contributed by atoms with Gasteiger partial charge in [0.1, 0.15) is 11.0 Å². The first-order valence-corrected chi connectivity index (χ1v) is 8.66. The van der Waals surface area contributed by atoms with Crippen LogP contribution < -0.4 is 4.74 Å². The van der Waals surface area contributed by atoms with Crippen LogP contribution >= 0.6 is 27.3 Å². The van der Waals surface area contributed by atoms with Crippen molar-refractivity contribution in [1.82, 2.24) is 14.9 Å². The number of amides is 1. The van der Waals surface area contributed by atoms with E-state index >= 15 is 0 Å². The Bertz CT molecular complexity index is 704. The van der Waals surface area contributed by atoms with Crippen LogP contribution in [0.2, 0.25) is 0 Å². The number of nitrogens with zero attached hydrogens (tertiary/aromatic N) is 3. The zero-order valence-electron chi connectivity index (χ0n) is 12.4. The summed E-state index contributed by atoms with van der Waals surface area (Å²) in [6.07, 6.45) is 2.48. The molecule has 1 fully saturated rings. The van der Waals surface area contributed by atoms with Crippen LogP contribution in [0.15, 0.2) is 22.8 Å². The number of hydrogen-bond acceptors (Lipinski definition) is 5. The lowest BCUT2D eigenvalue weighted by Gasteiger charge is -2.16. The van der Waals surface area contributed by atoms with Crippen molar-refractivity contribution in [3.05, 3.63) is 38.4 Å². The summed E-state index contributed by atoms with van der Waals surface area (Å²) in [5.41, 5.74) is 0.810. The molecular formula is C15H16BrN3O2S. The average Bonchev–Trinajstić information content (AvgIpc) is 3.07. The molecule has 0 spiro atoms. The van der Waals surface area contributed by atoms with Crippen LogP contribution in [0.4, 0.5) is 0 Å². The first-order chi connectivity index (χ1) is 10.5. The lowest BCUT2D eigenvalue weighted by atomic mass is 10.3. The average molecular weight is 382 g/mol. The SMILES string of the molecule is Cc1nc(C)c(C(=O)N2CCC(Oc3ncccc3Br)C2)s1. The molecule has 3 heterocycles. The largest absolute Gasteiger partial charge is 0.472 e. The molecule has 0 bridgehead atoms. The number of likely N-dealkylation sites (tertiary alicyclic amines) is 1. The van der Waals surface area contributed by atoms with E-state index in [1.807, 2.05) is 30.9 Å². The van der Waals surface area contributed by atoms with E-state index in [1.54, 1.807) is 6.20 Å². The van der Waals surface area contributed by atoms with Crippen molar-refractivity contribution in [2.24, 2.45) is 0 Å². The third-order valence-electron chi connectivity index (χ3n) is 3.53. The zero-order chi connectivity index (χ0) is 15.7. The highest BCUT2D eigenvalue weighted by Gasteiger charge is 2.30. The molecule has 1 saturated heterocycles. The third-order valence-corrected chi connectivity index (χ3v) is 5.20. The van der Waals surface area contributed by atoms with Crippen molar-refractivity contribution in [1.29, 1.82) is 0 Å². The van der Waals surface area contributed by atoms with Crippen LogP contribution in [0.1, 0.15) is 26.8 Å². The Morgan fingerprint density at radius 2 is 2.32 bits per heavy atom. The highest BCUT2D eigenvalue weighted by Crippen LogP contribution is 2.26. The molecule has 1 atom stereocenters. The number of hydrogen-bond donors (Lipinski definition) is 0. The monoisotopic (exact) mass is 381 g/mol. The molecule has 0 N–H and O–H groups in total. The summed E-state index contributed by atoms with van der Waals surface area (Å²) in [6.45, 7) is 5.08. The number of ether oxygens (including phenoxy) is 1. The van der Waals surface area contributed by atoms with Gasteiger partial charge in [-0.15, -0.1) is 11.3 Å². The molecule has 0 radical (unpaired) electrons. The van der Waals surface area contributed by atoms with E-state index in [2.05, 4.69) is 25.9 Å².